The minimum absolute atomic E-state index is 0.00854. The minimum Gasteiger partial charge on any atom is -0.367 e. The molecule has 118 valence electrons. The van der Waals surface area contributed by atoms with Crippen LogP contribution in [0.3, 0.4) is 0 Å². The Hall–Kier alpha value is -2.07. The molecule has 1 saturated carbocycles. The largest absolute Gasteiger partial charge is 0.367 e. The third kappa shape index (κ3) is 2.55. The molecule has 0 radical (unpaired) electrons. The number of anilines is 1. The topological polar surface area (TPSA) is 83.1 Å². The minimum atomic E-state index is -0.538. The number of aromatic nitrogens is 2. The molecule has 0 unspecified atom stereocenters. The second-order valence-corrected chi connectivity index (χ2v) is 6.23. The van der Waals surface area contributed by atoms with Gasteiger partial charge in [0.25, 0.3) is 5.56 Å². The summed E-state index contributed by atoms with van der Waals surface area (Å²) in [7, 11) is 2.98. The van der Waals surface area contributed by atoms with Crippen molar-refractivity contribution in [2.24, 2.45) is 14.1 Å². The third-order valence-electron chi connectivity index (χ3n) is 4.71. The van der Waals surface area contributed by atoms with Gasteiger partial charge in [0.05, 0.1) is 0 Å². The zero-order valence-electron chi connectivity index (χ0n) is 13.0. The summed E-state index contributed by atoms with van der Waals surface area (Å²) in [5.74, 6) is 0.348. The highest BCUT2D eigenvalue weighted by molar-refractivity contribution is 5.51. The molecule has 0 aromatic carbocycles. The van der Waals surface area contributed by atoms with Gasteiger partial charge in [0.1, 0.15) is 11.9 Å². The quantitative estimate of drug-likeness (QED) is 0.849. The van der Waals surface area contributed by atoms with Crippen LogP contribution in [0.15, 0.2) is 9.59 Å². The monoisotopic (exact) mass is 303 g/mol. The Labute approximate surface area is 128 Å². The Morgan fingerprint density at radius 3 is 2.27 bits per heavy atom. The molecule has 7 nitrogen and oxygen atoms in total. The highest BCUT2D eigenvalue weighted by Gasteiger charge is 2.32. The van der Waals surface area contributed by atoms with Crippen molar-refractivity contribution in [2.45, 2.75) is 37.8 Å². The van der Waals surface area contributed by atoms with Crippen LogP contribution in [0.2, 0.25) is 0 Å². The van der Waals surface area contributed by atoms with Gasteiger partial charge in [-0.1, -0.05) is 0 Å². The lowest BCUT2D eigenvalue weighted by Crippen LogP contribution is -2.44. The van der Waals surface area contributed by atoms with Crippen LogP contribution in [-0.4, -0.2) is 39.2 Å². The highest BCUT2D eigenvalue weighted by Crippen LogP contribution is 2.29. The average molecular weight is 303 g/mol. The highest BCUT2D eigenvalue weighted by atomic mass is 16.2. The maximum absolute atomic E-state index is 12.1. The summed E-state index contributed by atoms with van der Waals surface area (Å²) < 4.78 is 2.33. The van der Waals surface area contributed by atoms with E-state index in [1.165, 1.54) is 24.5 Å². The van der Waals surface area contributed by atoms with Crippen molar-refractivity contribution >= 4 is 5.82 Å². The van der Waals surface area contributed by atoms with Gasteiger partial charge in [-0.3, -0.25) is 13.9 Å². The summed E-state index contributed by atoms with van der Waals surface area (Å²) in [6.07, 6.45) is 4.54. The van der Waals surface area contributed by atoms with Gasteiger partial charge in [0.2, 0.25) is 0 Å². The van der Waals surface area contributed by atoms with Crippen LogP contribution < -0.4 is 16.6 Å². The van der Waals surface area contributed by atoms with Crippen molar-refractivity contribution in [3.05, 3.63) is 26.4 Å². The second kappa shape index (κ2) is 5.61. The molecule has 2 heterocycles. The zero-order chi connectivity index (χ0) is 15.9. The summed E-state index contributed by atoms with van der Waals surface area (Å²) in [6.45, 7) is 2.06. The molecule has 7 heteroatoms. The van der Waals surface area contributed by atoms with E-state index in [9.17, 15) is 14.9 Å². The molecule has 1 saturated heterocycles. The summed E-state index contributed by atoms with van der Waals surface area (Å²) in [5, 5.41) is 12.5. The maximum Gasteiger partial charge on any atom is 0.332 e. The van der Waals surface area contributed by atoms with Crippen LogP contribution in [0.5, 0.6) is 0 Å². The van der Waals surface area contributed by atoms with E-state index in [1.807, 2.05) is 6.07 Å². The Morgan fingerprint density at radius 2 is 1.73 bits per heavy atom. The number of hydrogen-bond donors (Lipinski definition) is 1. The molecule has 0 bridgehead atoms. The van der Waals surface area contributed by atoms with Crippen molar-refractivity contribution in [1.29, 1.82) is 5.26 Å². The summed E-state index contributed by atoms with van der Waals surface area (Å²) >= 11 is 0. The predicted octanol–water partition coefficient (Wildman–Crippen LogP) is -0.00562. The van der Waals surface area contributed by atoms with Gasteiger partial charge in [-0.25, -0.2) is 4.79 Å². The molecule has 2 aliphatic rings. The molecular formula is C15H21N5O2. The maximum atomic E-state index is 12.1. The molecule has 1 aromatic heterocycles. The van der Waals surface area contributed by atoms with Crippen LogP contribution >= 0.6 is 0 Å². The van der Waals surface area contributed by atoms with Crippen LogP contribution in [0.25, 0.3) is 0 Å². The first-order valence-electron chi connectivity index (χ1n) is 7.73. The van der Waals surface area contributed by atoms with E-state index in [4.69, 9.17) is 0 Å². The summed E-state index contributed by atoms with van der Waals surface area (Å²) in [4.78, 5) is 26.6. The van der Waals surface area contributed by atoms with Gasteiger partial charge in [0.15, 0.2) is 5.56 Å². The van der Waals surface area contributed by atoms with Gasteiger partial charge in [0, 0.05) is 39.3 Å². The third-order valence-corrected chi connectivity index (χ3v) is 4.71. The molecule has 1 aromatic rings. The number of piperidine rings is 1. The number of hydrogen-bond acceptors (Lipinski definition) is 5. The van der Waals surface area contributed by atoms with Crippen LogP contribution in [0.1, 0.15) is 31.2 Å². The SMILES string of the molecule is Cn1c(NC2CCN(C3CC3)CC2)c(C#N)c(=O)n(C)c1=O. The number of likely N-dealkylation sites (tertiary alicyclic amines) is 1. The summed E-state index contributed by atoms with van der Waals surface area (Å²) in [5.41, 5.74) is -0.945. The fourth-order valence-electron chi connectivity index (χ4n) is 3.16. The van der Waals surface area contributed by atoms with Gasteiger partial charge in [-0.05, 0) is 25.7 Å². The smallest absolute Gasteiger partial charge is 0.332 e. The number of nitrogens with zero attached hydrogens (tertiary/aromatic N) is 4. The Balaban J connectivity index is 1.82. The van der Waals surface area contributed by atoms with E-state index in [-0.39, 0.29) is 11.6 Å². The molecule has 1 N–H and O–H groups in total. The van der Waals surface area contributed by atoms with E-state index in [0.29, 0.717) is 5.82 Å². The predicted molar refractivity (Wildman–Crippen MR) is 82.9 cm³/mol. The van der Waals surface area contributed by atoms with Crippen molar-refractivity contribution in [2.75, 3.05) is 18.4 Å². The lowest BCUT2D eigenvalue weighted by Gasteiger charge is -2.33. The van der Waals surface area contributed by atoms with Gasteiger partial charge < -0.3 is 10.2 Å². The Morgan fingerprint density at radius 1 is 1.09 bits per heavy atom. The van der Waals surface area contributed by atoms with Gasteiger partial charge in [-0.15, -0.1) is 0 Å². The van der Waals surface area contributed by atoms with Crippen molar-refractivity contribution in [3.8, 4) is 6.07 Å². The molecule has 1 aliphatic heterocycles. The first-order chi connectivity index (χ1) is 10.5. The molecule has 2 fully saturated rings. The van der Waals surface area contributed by atoms with Crippen molar-refractivity contribution < 1.29 is 0 Å². The average Bonchev–Trinajstić information content (AvgIpc) is 3.36. The molecule has 0 amide bonds. The second-order valence-electron chi connectivity index (χ2n) is 6.23. The standard InChI is InChI=1S/C15H21N5O2/c1-18-13(12(9-16)14(21)19(2)15(18)22)17-10-5-7-20(8-6-10)11-3-4-11/h10-11,17H,3-8H2,1-2H3. The molecular weight excluding hydrogens is 282 g/mol. The molecule has 0 spiro atoms. The van der Waals surface area contributed by atoms with Crippen LogP contribution in [0, 0.1) is 11.3 Å². The lowest BCUT2D eigenvalue weighted by atomic mass is 10.0. The fraction of sp³-hybridized carbons (Fsp3) is 0.667. The molecule has 3 rings (SSSR count). The van der Waals surface area contributed by atoms with Gasteiger partial charge >= 0.3 is 5.69 Å². The lowest BCUT2D eigenvalue weighted by molar-refractivity contribution is 0.209. The Kier molecular flexibility index (Phi) is 3.79. The normalized spacial score (nSPS) is 19.9. The van der Waals surface area contributed by atoms with Crippen LogP contribution in [0.4, 0.5) is 5.82 Å². The Bertz CT molecular complexity index is 730. The van der Waals surface area contributed by atoms with E-state index in [0.717, 1.165) is 36.5 Å². The number of nitriles is 1. The van der Waals surface area contributed by atoms with E-state index in [1.54, 1.807) is 7.05 Å². The summed E-state index contributed by atoms with van der Waals surface area (Å²) in [6, 6.07) is 2.90. The first kappa shape index (κ1) is 14.9. The first-order valence-corrected chi connectivity index (χ1v) is 7.73. The van der Waals surface area contributed by atoms with Crippen molar-refractivity contribution in [1.82, 2.24) is 14.0 Å². The number of rotatable bonds is 3. The zero-order valence-corrected chi connectivity index (χ0v) is 13.0. The molecule has 1 aliphatic carbocycles. The van der Waals surface area contributed by atoms with Crippen LogP contribution in [-0.2, 0) is 14.1 Å². The van der Waals surface area contributed by atoms with E-state index >= 15 is 0 Å². The number of nitrogens with one attached hydrogen (secondary N) is 1. The fourth-order valence-corrected chi connectivity index (χ4v) is 3.16. The van der Waals surface area contributed by atoms with Crippen molar-refractivity contribution in [3.63, 3.8) is 0 Å². The van der Waals surface area contributed by atoms with Gasteiger partial charge in [-0.2, -0.15) is 5.26 Å². The molecule has 0 atom stereocenters. The van der Waals surface area contributed by atoms with E-state index < -0.39 is 11.2 Å². The molecule has 22 heavy (non-hydrogen) atoms. The van der Waals surface area contributed by atoms with E-state index in [2.05, 4.69) is 10.2 Å².